The highest BCUT2D eigenvalue weighted by Gasteiger charge is 2.29. The lowest BCUT2D eigenvalue weighted by Gasteiger charge is -2.36. The predicted octanol–water partition coefficient (Wildman–Crippen LogP) is -0.881. The second kappa shape index (κ2) is 6.18. The lowest BCUT2D eigenvalue weighted by molar-refractivity contribution is -0.135. The van der Waals surface area contributed by atoms with Gasteiger partial charge in [-0.05, 0) is 13.3 Å². The summed E-state index contributed by atoms with van der Waals surface area (Å²) in [4.78, 5) is 15.7. The number of hydrogen-bond donors (Lipinski definition) is 2. The molecule has 1 saturated heterocycles. The summed E-state index contributed by atoms with van der Waals surface area (Å²) in [5.74, 6) is 0.137. The van der Waals surface area contributed by atoms with E-state index in [9.17, 15) is 9.90 Å². The van der Waals surface area contributed by atoms with E-state index in [1.54, 1.807) is 25.9 Å². The first-order chi connectivity index (χ1) is 7.52. The Morgan fingerprint density at radius 2 is 2.31 bits per heavy atom. The third-order valence-corrected chi connectivity index (χ3v) is 2.91. The zero-order chi connectivity index (χ0) is 12.1. The third kappa shape index (κ3) is 3.73. The van der Waals surface area contributed by atoms with Gasteiger partial charge < -0.3 is 15.3 Å². The number of carbonyl (C=O) groups excluding carboxylic acids is 1. The van der Waals surface area contributed by atoms with Crippen LogP contribution in [-0.4, -0.2) is 73.2 Å². The van der Waals surface area contributed by atoms with Crippen molar-refractivity contribution in [3.8, 4) is 0 Å². The first-order valence-electron chi connectivity index (χ1n) is 5.86. The number of hydrogen-bond acceptors (Lipinski definition) is 4. The molecular formula is C11H23N3O2. The number of amides is 1. The topological polar surface area (TPSA) is 55.8 Å². The fourth-order valence-electron chi connectivity index (χ4n) is 1.91. The Morgan fingerprint density at radius 1 is 1.62 bits per heavy atom. The van der Waals surface area contributed by atoms with E-state index in [0.717, 1.165) is 26.1 Å². The molecule has 2 N–H and O–H groups in total. The molecule has 0 saturated carbocycles. The van der Waals surface area contributed by atoms with Gasteiger partial charge in [-0.1, -0.05) is 0 Å². The molecule has 0 spiro atoms. The second-order valence-electron chi connectivity index (χ2n) is 4.63. The summed E-state index contributed by atoms with van der Waals surface area (Å²) in [6.07, 6.45) is 0.419. The molecule has 0 radical (unpaired) electrons. The van der Waals surface area contributed by atoms with E-state index in [1.165, 1.54) is 0 Å². The Kier molecular flexibility index (Phi) is 5.18. The summed E-state index contributed by atoms with van der Waals surface area (Å²) < 4.78 is 0. The van der Waals surface area contributed by atoms with Crippen LogP contribution in [-0.2, 0) is 4.79 Å². The molecule has 5 heteroatoms. The smallest absolute Gasteiger partial charge is 0.240 e. The summed E-state index contributed by atoms with van der Waals surface area (Å²) in [5, 5.41) is 12.5. The maximum atomic E-state index is 11.9. The van der Waals surface area contributed by atoms with Crippen LogP contribution in [0.5, 0.6) is 0 Å². The summed E-state index contributed by atoms with van der Waals surface area (Å²) in [7, 11) is 3.56. The molecule has 16 heavy (non-hydrogen) atoms. The maximum Gasteiger partial charge on any atom is 0.240 e. The summed E-state index contributed by atoms with van der Waals surface area (Å²) in [5.41, 5.74) is 0. The molecule has 0 aliphatic carbocycles. The molecule has 5 nitrogen and oxygen atoms in total. The number of nitrogens with one attached hydrogen (secondary N) is 1. The van der Waals surface area contributed by atoms with Crippen molar-refractivity contribution < 1.29 is 9.90 Å². The highest BCUT2D eigenvalue weighted by molar-refractivity contribution is 5.81. The van der Waals surface area contributed by atoms with E-state index in [0.29, 0.717) is 6.54 Å². The minimum atomic E-state index is -0.301. The van der Waals surface area contributed by atoms with Crippen molar-refractivity contribution in [2.24, 2.45) is 0 Å². The van der Waals surface area contributed by atoms with E-state index in [1.807, 2.05) is 0 Å². The standard InChI is InChI=1S/C11H23N3O2/c1-9(15)4-6-14-7-5-12-8-10(14)11(16)13(2)3/h9-10,12,15H,4-8H2,1-3H3. The van der Waals surface area contributed by atoms with Crippen molar-refractivity contribution in [3.63, 3.8) is 0 Å². The van der Waals surface area contributed by atoms with Crippen LogP contribution in [0.3, 0.4) is 0 Å². The van der Waals surface area contributed by atoms with Gasteiger partial charge in [-0.2, -0.15) is 0 Å². The van der Waals surface area contributed by atoms with Crippen LogP contribution in [0.25, 0.3) is 0 Å². The van der Waals surface area contributed by atoms with Gasteiger partial charge >= 0.3 is 0 Å². The van der Waals surface area contributed by atoms with E-state index in [2.05, 4.69) is 10.2 Å². The zero-order valence-electron chi connectivity index (χ0n) is 10.4. The lowest BCUT2D eigenvalue weighted by Crippen LogP contribution is -2.57. The molecule has 1 aliphatic rings. The average molecular weight is 229 g/mol. The average Bonchev–Trinajstić information content (AvgIpc) is 2.25. The van der Waals surface area contributed by atoms with Crippen molar-refractivity contribution in [2.45, 2.75) is 25.5 Å². The maximum absolute atomic E-state index is 11.9. The SMILES string of the molecule is CC(O)CCN1CCNCC1C(=O)N(C)C. The van der Waals surface area contributed by atoms with E-state index in [-0.39, 0.29) is 18.1 Å². The van der Waals surface area contributed by atoms with Gasteiger partial charge in [-0.15, -0.1) is 0 Å². The monoisotopic (exact) mass is 229 g/mol. The first-order valence-corrected chi connectivity index (χ1v) is 5.86. The fraction of sp³-hybridized carbons (Fsp3) is 0.909. The van der Waals surface area contributed by atoms with Crippen LogP contribution in [0.2, 0.25) is 0 Å². The first kappa shape index (κ1) is 13.4. The van der Waals surface area contributed by atoms with Crippen LogP contribution in [0.1, 0.15) is 13.3 Å². The molecule has 0 bridgehead atoms. The molecule has 0 aromatic heterocycles. The van der Waals surface area contributed by atoms with Gasteiger partial charge in [0.25, 0.3) is 0 Å². The minimum absolute atomic E-state index is 0.0810. The summed E-state index contributed by atoms with van der Waals surface area (Å²) >= 11 is 0. The Hall–Kier alpha value is -0.650. The Labute approximate surface area is 97.4 Å². The van der Waals surface area contributed by atoms with Crippen molar-refractivity contribution in [1.29, 1.82) is 0 Å². The fourth-order valence-corrected chi connectivity index (χ4v) is 1.91. The van der Waals surface area contributed by atoms with Gasteiger partial charge in [-0.3, -0.25) is 9.69 Å². The molecule has 0 aromatic rings. The number of likely N-dealkylation sites (N-methyl/N-ethyl adjacent to an activating group) is 1. The molecule has 1 rings (SSSR count). The molecule has 0 aromatic carbocycles. The Balaban J connectivity index is 2.53. The quantitative estimate of drug-likeness (QED) is 0.657. The van der Waals surface area contributed by atoms with Gasteiger partial charge in [0.1, 0.15) is 6.04 Å². The molecule has 2 unspecified atom stereocenters. The molecule has 1 fully saturated rings. The second-order valence-corrected chi connectivity index (χ2v) is 4.63. The molecule has 2 atom stereocenters. The Bertz CT molecular complexity index is 231. The number of carbonyl (C=O) groups is 1. The lowest BCUT2D eigenvalue weighted by atomic mass is 10.1. The number of nitrogens with zero attached hydrogens (tertiary/aromatic N) is 2. The van der Waals surface area contributed by atoms with Crippen molar-refractivity contribution in [2.75, 3.05) is 40.3 Å². The van der Waals surface area contributed by atoms with Gasteiger partial charge in [0.05, 0.1) is 6.10 Å². The predicted molar refractivity (Wildman–Crippen MR) is 63.2 cm³/mol. The van der Waals surface area contributed by atoms with Gasteiger partial charge in [-0.25, -0.2) is 0 Å². The van der Waals surface area contributed by atoms with Crippen molar-refractivity contribution in [3.05, 3.63) is 0 Å². The van der Waals surface area contributed by atoms with Crippen LogP contribution in [0, 0.1) is 0 Å². The molecule has 1 aliphatic heterocycles. The Morgan fingerprint density at radius 3 is 2.88 bits per heavy atom. The number of aliphatic hydroxyl groups is 1. The van der Waals surface area contributed by atoms with Crippen molar-refractivity contribution in [1.82, 2.24) is 15.1 Å². The molecule has 1 heterocycles. The highest BCUT2D eigenvalue weighted by Crippen LogP contribution is 2.07. The molecule has 94 valence electrons. The van der Waals surface area contributed by atoms with E-state index >= 15 is 0 Å². The number of piperazine rings is 1. The minimum Gasteiger partial charge on any atom is -0.393 e. The summed E-state index contributed by atoms with van der Waals surface area (Å²) in [6.45, 7) is 5.05. The van der Waals surface area contributed by atoms with Crippen LogP contribution >= 0.6 is 0 Å². The van der Waals surface area contributed by atoms with Crippen LogP contribution < -0.4 is 5.32 Å². The van der Waals surface area contributed by atoms with Crippen molar-refractivity contribution >= 4 is 5.91 Å². The van der Waals surface area contributed by atoms with Gasteiger partial charge in [0.2, 0.25) is 5.91 Å². The largest absolute Gasteiger partial charge is 0.393 e. The van der Waals surface area contributed by atoms with Gasteiger partial charge in [0, 0.05) is 40.3 Å². The molecular weight excluding hydrogens is 206 g/mol. The highest BCUT2D eigenvalue weighted by atomic mass is 16.3. The van der Waals surface area contributed by atoms with Gasteiger partial charge in [0.15, 0.2) is 0 Å². The molecule has 1 amide bonds. The van der Waals surface area contributed by atoms with Crippen LogP contribution in [0.15, 0.2) is 0 Å². The zero-order valence-corrected chi connectivity index (χ0v) is 10.4. The normalized spacial score (nSPS) is 24.1. The summed E-state index contributed by atoms with van der Waals surface area (Å²) in [6, 6.07) is -0.0810. The number of rotatable bonds is 4. The van der Waals surface area contributed by atoms with E-state index in [4.69, 9.17) is 0 Å². The number of aliphatic hydroxyl groups excluding tert-OH is 1. The third-order valence-electron chi connectivity index (χ3n) is 2.91. The van der Waals surface area contributed by atoms with Crippen LogP contribution in [0.4, 0.5) is 0 Å². The van der Waals surface area contributed by atoms with E-state index < -0.39 is 0 Å².